The van der Waals surface area contributed by atoms with Crippen LogP contribution in [0.15, 0.2) is 109 Å². The highest BCUT2D eigenvalue weighted by molar-refractivity contribution is 6.30. The molecule has 0 amide bonds. The second-order valence-electron chi connectivity index (χ2n) is 8.00. The molecule has 0 unspecified atom stereocenters. The Morgan fingerprint density at radius 1 is 0.935 bits per heavy atom. The SMILES string of the molecule is Clc1ccc(-c2nn(-c3ccccc3)cc2[C@@H]2NC3=CC=CC4=CC=C[C@@H](N2)[C@@H]43)cc1. The Labute approximate surface area is 186 Å². The van der Waals surface area contributed by atoms with Gasteiger partial charge in [0.05, 0.1) is 11.4 Å². The number of allylic oxidation sites excluding steroid dienone is 5. The van der Waals surface area contributed by atoms with Crippen LogP contribution < -0.4 is 10.6 Å². The summed E-state index contributed by atoms with van der Waals surface area (Å²) in [5, 5.41) is 13.2. The maximum Gasteiger partial charge on any atom is 0.107 e. The number of rotatable bonds is 3. The average Bonchev–Trinajstić information content (AvgIpc) is 3.26. The highest BCUT2D eigenvalue weighted by Gasteiger charge is 2.37. The molecule has 1 aliphatic heterocycles. The van der Waals surface area contributed by atoms with Crippen molar-refractivity contribution < 1.29 is 0 Å². The van der Waals surface area contributed by atoms with E-state index in [9.17, 15) is 0 Å². The van der Waals surface area contributed by atoms with Gasteiger partial charge in [0, 0.05) is 40.0 Å². The predicted molar refractivity (Wildman–Crippen MR) is 125 cm³/mol. The molecule has 2 heterocycles. The maximum atomic E-state index is 6.15. The number of hydrogen-bond acceptors (Lipinski definition) is 3. The average molecular weight is 425 g/mol. The molecule has 5 heteroatoms. The lowest BCUT2D eigenvalue weighted by Gasteiger charge is -2.42. The molecule has 6 rings (SSSR count). The van der Waals surface area contributed by atoms with E-state index in [0.717, 1.165) is 27.5 Å². The highest BCUT2D eigenvalue weighted by atomic mass is 35.5. The summed E-state index contributed by atoms with van der Waals surface area (Å²) >= 11 is 6.15. The minimum atomic E-state index is -0.0638. The van der Waals surface area contributed by atoms with E-state index in [-0.39, 0.29) is 12.2 Å². The summed E-state index contributed by atoms with van der Waals surface area (Å²) in [5.41, 5.74) is 6.68. The van der Waals surface area contributed by atoms with Crippen molar-refractivity contribution in [3.8, 4) is 16.9 Å². The monoisotopic (exact) mass is 424 g/mol. The molecular formula is C26H21ClN4. The molecule has 0 saturated carbocycles. The minimum absolute atomic E-state index is 0.0638. The fourth-order valence-electron chi connectivity index (χ4n) is 4.61. The van der Waals surface area contributed by atoms with E-state index in [0.29, 0.717) is 5.92 Å². The molecule has 2 aliphatic carbocycles. The van der Waals surface area contributed by atoms with E-state index in [1.54, 1.807) is 0 Å². The smallest absolute Gasteiger partial charge is 0.107 e. The highest BCUT2D eigenvalue weighted by Crippen LogP contribution is 2.38. The van der Waals surface area contributed by atoms with Crippen LogP contribution in [0.5, 0.6) is 0 Å². The van der Waals surface area contributed by atoms with Crippen LogP contribution in [0.4, 0.5) is 0 Å². The Bertz CT molecular complexity index is 1250. The fourth-order valence-corrected chi connectivity index (χ4v) is 4.73. The molecule has 3 aliphatic rings. The Morgan fingerprint density at radius 2 is 1.77 bits per heavy atom. The third kappa shape index (κ3) is 3.25. The zero-order chi connectivity index (χ0) is 20.8. The quantitative estimate of drug-likeness (QED) is 0.598. The van der Waals surface area contributed by atoms with E-state index in [1.165, 1.54) is 11.3 Å². The van der Waals surface area contributed by atoms with Gasteiger partial charge in [0.1, 0.15) is 6.17 Å². The van der Waals surface area contributed by atoms with Crippen LogP contribution >= 0.6 is 11.6 Å². The van der Waals surface area contributed by atoms with Crippen molar-refractivity contribution in [2.24, 2.45) is 5.92 Å². The van der Waals surface area contributed by atoms with Gasteiger partial charge in [-0.15, -0.1) is 0 Å². The lowest BCUT2D eigenvalue weighted by Crippen LogP contribution is -2.52. The van der Waals surface area contributed by atoms with Gasteiger partial charge in [-0.3, -0.25) is 5.32 Å². The maximum absolute atomic E-state index is 6.15. The molecule has 1 saturated heterocycles. The van der Waals surface area contributed by atoms with Gasteiger partial charge in [-0.25, -0.2) is 4.68 Å². The first-order chi connectivity index (χ1) is 15.3. The van der Waals surface area contributed by atoms with E-state index in [2.05, 4.69) is 65.4 Å². The van der Waals surface area contributed by atoms with Gasteiger partial charge in [-0.2, -0.15) is 5.10 Å². The zero-order valence-electron chi connectivity index (χ0n) is 16.7. The summed E-state index contributed by atoms with van der Waals surface area (Å²) in [5.74, 6) is 0.328. The summed E-state index contributed by atoms with van der Waals surface area (Å²) in [6, 6.07) is 18.3. The van der Waals surface area contributed by atoms with E-state index >= 15 is 0 Å². The predicted octanol–water partition coefficient (Wildman–Crippen LogP) is 5.32. The van der Waals surface area contributed by atoms with E-state index in [4.69, 9.17) is 16.7 Å². The number of halogens is 1. The molecule has 0 bridgehead atoms. The molecule has 4 nitrogen and oxygen atoms in total. The Morgan fingerprint density at radius 3 is 2.61 bits per heavy atom. The number of aromatic nitrogens is 2. The van der Waals surface area contributed by atoms with Gasteiger partial charge in [-0.1, -0.05) is 72.3 Å². The molecule has 1 aromatic heterocycles. The van der Waals surface area contributed by atoms with Crippen LogP contribution in [0.2, 0.25) is 5.02 Å². The van der Waals surface area contributed by atoms with Crippen LogP contribution in [0.25, 0.3) is 16.9 Å². The van der Waals surface area contributed by atoms with Crippen molar-refractivity contribution >= 4 is 11.6 Å². The van der Waals surface area contributed by atoms with Crippen molar-refractivity contribution in [3.63, 3.8) is 0 Å². The summed E-state index contributed by atoms with van der Waals surface area (Å²) in [4.78, 5) is 0. The minimum Gasteiger partial charge on any atom is -0.369 e. The zero-order valence-corrected chi connectivity index (χ0v) is 17.5. The third-order valence-electron chi connectivity index (χ3n) is 6.09. The van der Waals surface area contributed by atoms with Crippen LogP contribution in [-0.4, -0.2) is 15.8 Å². The number of benzene rings is 2. The number of hydrogen-bond donors (Lipinski definition) is 2. The molecule has 1 fully saturated rings. The van der Waals surface area contributed by atoms with Gasteiger partial charge in [-0.05, 0) is 35.9 Å². The molecule has 0 spiro atoms. The number of nitrogens with zero attached hydrogens (tertiary/aromatic N) is 2. The molecule has 152 valence electrons. The van der Waals surface area contributed by atoms with Crippen molar-refractivity contribution in [3.05, 3.63) is 119 Å². The summed E-state index contributed by atoms with van der Waals surface area (Å²) in [6.45, 7) is 0. The second-order valence-corrected chi connectivity index (χ2v) is 8.44. The molecule has 3 atom stereocenters. The van der Waals surface area contributed by atoms with E-state index < -0.39 is 0 Å². The lowest BCUT2D eigenvalue weighted by atomic mass is 9.79. The van der Waals surface area contributed by atoms with Crippen molar-refractivity contribution in [2.75, 3.05) is 0 Å². The third-order valence-corrected chi connectivity index (χ3v) is 6.34. The second kappa shape index (κ2) is 7.41. The molecule has 0 radical (unpaired) electrons. The molecule has 31 heavy (non-hydrogen) atoms. The Hall–Kier alpha value is -3.34. The summed E-state index contributed by atoms with van der Waals surface area (Å²) in [7, 11) is 0. The normalized spacial score (nSPS) is 23.6. The molecule has 3 aromatic rings. The Balaban J connectivity index is 1.45. The first-order valence-electron chi connectivity index (χ1n) is 10.5. The number of para-hydroxylation sites is 1. The van der Waals surface area contributed by atoms with Gasteiger partial charge in [0.15, 0.2) is 0 Å². The van der Waals surface area contributed by atoms with Crippen LogP contribution in [-0.2, 0) is 0 Å². The van der Waals surface area contributed by atoms with Crippen LogP contribution in [0, 0.1) is 5.92 Å². The van der Waals surface area contributed by atoms with E-state index in [1.807, 2.05) is 47.1 Å². The van der Waals surface area contributed by atoms with Gasteiger partial charge in [0.2, 0.25) is 0 Å². The number of nitrogens with one attached hydrogen (secondary N) is 2. The molecular weight excluding hydrogens is 404 g/mol. The topological polar surface area (TPSA) is 41.9 Å². The fraction of sp³-hybridized carbons (Fsp3) is 0.115. The molecule has 2 aromatic carbocycles. The van der Waals surface area contributed by atoms with Crippen molar-refractivity contribution in [1.29, 1.82) is 0 Å². The standard InChI is InChI=1S/C26H21ClN4/c27-19-14-12-18(13-15-19)25-21(16-31(30-25)20-8-2-1-3-9-20)26-28-22-10-4-6-17-7-5-11-23(29-26)24(17)22/h1-16,22,24,26,28-29H/t22-,24-,26+/m1/s1. The van der Waals surface area contributed by atoms with Gasteiger partial charge < -0.3 is 5.32 Å². The molecule has 2 N–H and O–H groups in total. The van der Waals surface area contributed by atoms with Gasteiger partial charge in [0.25, 0.3) is 0 Å². The van der Waals surface area contributed by atoms with Crippen molar-refractivity contribution in [2.45, 2.75) is 12.2 Å². The largest absolute Gasteiger partial charge is 0.369 e. The van der Waals surface area contributed by atoms with Gasteiger partial charge >= 0.3 is 0 Å². The first-order valence-corrected chi connectivity index (χ1v) is 10.8. The van der Waals surface area contributed by atoms with Crippen molar-refractivity contribution in [1.82, 2.24) is 20.4 Å². The van der Waals surface area contributed by atoms with Crippen LogP contribution in [0.1, 0.15) is 11.7 Å². The summed E-state index contributed by atoms with van der Waals surface area (Å²) < 4.78 is 1.95. The van der Waals surface area contributed by atoms with Crippen LogP contribution in [0.3, 0.4) is 0 Å². The lowest BCUT2D eigenvalue weighted by molar-refractivity contribution is 0.326. The first kappa shape index (κ1) is 18.4. The Kier molecular flexibility index (Phi) is 4.41. The summed E-state index contributed by atoms with van der Waals surface area (Å²) in [6.07, 6.45) is 15.1.